The van der Waals surface area contributed by atoms with Crippen LogP contribution < -0.4 is 0 Å². The summed E-state index contributed by atoms with van der Waals surface area (Å²) >= 11 is 0. The molecule has 0 amide bonds. The summed E-state index contributed by atoms with van der Waals surface area (Å²) in [6.07, 6.45) is -2.96. The van der Waals surface area contributed by atoms with Crippen LogP contribution in [0.15, 0.2) is 12.3 Å². The Morgan fingerprint density at radius 3 is 1.84 bits per heavy atom. The van der Waals surface area contributed by atoms with Gasteiger partial charge in [-0.1, -0.05) is 0 Å². The van der Waals surface area contributed by atoms with Gasteiger partial charge in [-0.2, -0.15) is 0 Å². The minimum atomic E-state index is -1.47. The Morgan fingerprint density at radius 1 is 0.920 bits per heavy atom. The van der Waals surface area contributed by atoms with Gasteiger partial charge in [-0.15, -0.1) is 0 Å². The van der Waals surface area contributed by atoms with Gasteiger partial charge in [0.15, 0.2) is 18.3 Å². The van der Waals surface area contributed by atoms with Crippen molar-refractivity contribution in [3.05, 3.63) is 22.4 Å². The summed E-state index contributed by atoms with van der Waals surface area (Å²) in [4.78, 5) is 54.5. The molecule has 0 aliphatic heterocycles. The van der Waals surface area contributed by atoms with Gasteiger partial charge in [-0.25, -0.2) is 0 Å². The van der Waals surface area contributed by atoms with Crippen LogP contribution in [-0.4, -0.2) is 53.7 Å². The van der Waals surface area contributed by atoms with Crippen LogP contribution in [0.1, 0.15) is 27.7 Å². The summed E-state index contributed by atoms with van der Waals surface area (Å²) in [6.45, 7) is 3.70. The van der Waals surface area contributed by atoms with E-state index in [0.29, 0.717) is 6.20 Å². The van der Waals surface area contributed by atoms with Gasteiger partial charge in [0.05, 0.1) is 4.92 Å². The van der Waals surface area contributed by atoms with Crippen molar-refractivity contribution >= 4 is 23.9 Å². The average molecular weight is 361 g/mol. The molecule has 3 unspecified atom stereocenters. The molecule has 0 aromatic carbocycles. The third-order valence-electron chi connectivity index (χ3n) is 2.46. The second kappa shape index (κ2) is 10.7. The molecule has 140 valence electrons. The molecule has 25 heavy (non-hydrogen) atoms. The van der Waals surface area contributed by atoms with Gasteiger partial charge in [-0.3, -0.25) is 29.3 Å². The molecule has 11 heteroatoms. The topological polar surface area (TPSA) is 148 Å². The zero-order chi connectivity index (χ0) is 19.6. The second-order valence-corrected chi connectivity index (χ2v) is 4.73. The Balaban J connectivity index is 5.72. The van der Waals surface area contributed by atoms with E-state index >= 15 is 0 Å². The molecular weight excluding hydrogens is 342 g/mol. The standard InChI is InChI=1S/C14H19NO10/c1-8(16)22-7-13(24-10(3)18)14(25-11(4)19)12(23-9(2)17)5-6-15(20)21/h5-6,12-14H,7H2,1-4H3/b6-5-. The highest BCUT2D eigenvalue weighted by molar-refractivity contribution is 5.69. The predicted molar refractivity (Wildman–Crippen MR) is 79.4 cm³/mol. The van der Waals surface area contributed by atoms with Crippen molar-refractivity contribution in [1.29, 1.82) is 0 Å². The zero-order valence-corrected chi connectivity index (χ0v) is 14.1. The van der Waals surface area contributed by atoms with Crippen LogP contribution in [0, 0.1) is 10.1 Å². The molecule has 0 heterocycles. The maximum Gasteiger partial charge on any atom is 0.303 e. The van der Waals surface area contributed by atoms with E-state index in [-0.39, 0.29) is 0 Å². The summed E-state index contributed by atoms with van der Waals surface area (Å²) < 4.78 is 19.6. The van der Waals surface area contributed by atoms with Crippen LogP contribution in [0.4, 0.5) is 0 Å². The number of carbonyl (C=O) groups is 4. The van der Waals surface area contributed by atoms with Gasteiger partial charge in [-0.05, 0) is 0 Å². The second-order valence-electron chi connectivity index (χ2n) is 4.73. The monoisotopic (exact) mass is 361 g/mol. The van der Waals surface area contributed by atoms with E-state index in [0.717, 1.165) is 33.8 Å². The van der Waals surface area contributed by atoms with Crippen molar-refractivity contribution in [2.75, 3.05) is 6.61 Å². The highest BCUT2D eigenvalue weighted by Crippen LogP contribution is 2.16. The predicted octanol–water partition coefficient (Wildman–Crippen LogP) is 0.135. The highest BCUT2D eigenvalue weighted by Gasteiger charge is 2.37. The van der Waals surface area contributed by atoms with Gasteiger partial charge in [0.25, 0.3) is 0 Å². The van der Waals surface area contributed by atoms with Crippen molar-refractivity contribution in [1.82, 2.24) is 0 Å². The van der Waals surface area contributed by atoms with E-state index in [2.05, 4.69) is 0 Å². The van der Waals surface area contributed by atoms with Crippen LogP contribution in [0.3, 0.4) is 0 Å². The molecule has 0 saturated carbocycles. The number of hydrogen-bond donors (Lipinski definition) is 0. The number of rotatable bonds is 9. The van der Waals surface area contributed by atoms with E-state index < -0.39 is 53.7 Å². The van der Waals surface area contributed by atoms with Crippen molar-refractivity contribution in [3.63, 3.8) is 0 Å². The van der Waals surface area contributed by atoms with E-state index in [9.17, 15) is 29.3 Å². The van der Waals surface area contributed by atoms with Gasteiger partial charge in [0.2, 0.25) is 6.20 Å². The maximum atomic E-state index is 11.3. The Morgan fingerprint density at radius 2 is 1.44 bits per heavy atom. The van der Waals surface area contributed by atoms with Crippen molar-refractivity contribution in [2.45, 2.75) is 46.0 Å². The van der Waals surface area contributed by atoms with E-state index in [4.69, 9.17) is 18.9 Å². The van der Waals surface area contributed by atoms with Crippen molar-refractivity contribution < 1.29 is 43.0 Å². The fourth-order valence-electron chi connectivity index (χ4n) is 1.72. The molecule has 0 saturated heterocycles. The van der Waals surface area contributed by atoms with Crippen LogP contribution in [0.5, 0.6) is 0 Å². The summed E-state index contributed by atoms with van der Waals surface area (Å²) in [5.74, 6) is -3.17. The van der Waals surface area contributed by atoms with Gasteiger partial charge in [0, 0.05) is 33.8 Å². The molecule has 11 nitrogen and oxygen atoms in total. The smallest absolute Gasteiger partial charge is 0.303 e. The lowest BCUT2D eigenvalue weighted by molar-refractivity contribution is -0.403. The minimum Gasteiger partial charge on any atom is -0.462 e. The van der Waals surface area contributed by atoms with Crippen LogP contribution in [0.25, 0.3) is 0 Å². The first-order valence-electron chi connectivity index (χ1n) is 6.99. The fourth-order valence-corrected chi connectivity index (χ4v) is 1.72. The van der Waals surface area contributed by atoms with Crippen molar-refractivity contribution in [2.24, 2.45) is 0 Å². The lowest BCUT2D eigenvalue weighted by Gasteiger charge is -2.29. The van der Waals surface area contributed by atoms with E-state index in [1.54, 1.807) is 0 Å². The summed E-state index contributed by atoms with van der Waals surface area (Å²) in [5.41, 5.74) is 0. The first-order valence-corrected chi connectivity index (χ1v) is 6.99. The Kier molecular flexibility index (Phi) is 9.45. The zero-order valence-electron chi connectivity index (χ0n) is 14.1. The van der Waals surface area contributed by atoms with Gasteiger partial charge >= 0.3 is 23.9 Å². The van der Waals surface area contributed by atoms with Crippen LogP contribution >= 0.6 is 0 Å². The number of ether oxygens (including phenoxy) is 4. The SMILES string of the molecule is CC(=O)OCC(OC(C)=O)C(OC(C)=O)C(/C=C\[N+](=O)[O-])OC(C)=O. The molecule has 0 aliphatic carbocycles. The van der Waals surface area contributed by atoms with E-state index in [1.807, 2.05) is 0 Å². The third-order valence-corrected chi connectivity index (χ3v) is 2.46. The minimum absolute atomic E-state index is 0.473. The molecular formula is C14H19NO10. The molecule has 0 fully saturated rings. The normalized spacial score (nSPS) is 14.1. The summed E-state index contributed by atoms with van der Waals surface area (Å²) in [5, 5.41) is 10.5. The quantitative estimate of drug-likeness (QED) is 0.240. The van der Waals surface area contributed by atoms with Crippen LogP contribution in [0.2, 0.25) is 0 Å². The largest absolute Gasteiger partial charge is 0.462 e. The Labute approximate surface area is 143 Å². The number of esters is 4. The number of nitrogens with zero attached hydrogens (tertiary/aromatic N) is 1. The first kappa shape index (κ1) is 22.0. The number of carbonyl (C=O) groups excluding carboxylic acids is 4. The van der Waals surface area contributed by atoms with Gasteiger partial charge < -0.3 is 18.9 Å². The average Bonchev–Trinajstić information content (AvgIpc) is 2.44. The fraction of sp³-hybridized carbons (Fsp3) is 0.571. The molecule has 0 radical (unpaired) electrons. The summed E-state index contributed by atoms with van der Waals surface area (Å²) in [7, 11) is 0. The van der Waals surface area contributed by atoms with Crippen LogP contribution in [-0.2, 0) is 38.1 Å². The van der Waals surface area contributed by atoms with Crippen molar-refractivity contribution in [3.8, 4) is 0 Å². The van der Waals surface area contributed by atoms with Gasteiger partial charge in [0.1, 0.15) is 6.61 Å². The molecule has 0 rings (SSSR count). The number of hydrogen-bond acceptors (Lipinski definition) is 10. The highest BCUT2D eigenvalue weighted by atomic mass is 16.6. The Bertz CT molecular complexity index is 556. The Hall–Kier alpha value is -2.98. The molecule has 0 N–H and O–H groups in total. The lowest BCUT2D eigenvalue weighted by Crippen LogP contribution is -2.46. The summed E-state index contributed by atoms with van der Waals surface area (Å²) in [6, 6.07) is 0. The molecule has 3 atom stereocenters. The molecule has 0 bridgehead atoms. The first-order chi connectivity index (χ1) is 11.5. The lowest BCUT2D eigenvalue weighted by atomic mass is 10.1. The molecule has 0 spiro atoms. The molecule has 0 aromatic heterocycles. The maximum absolute atomic E-state index is 11.3. The van der Waals surface area contributed by atoms with E-state index in [1.165, 1.54) is 0 Å². The molecule has 0 aromatic rings. The number of nitro groups is 1. The molecule has 0 aliphatic rings. The third kappa shape index (κ3) is 10.4.